The van der Waals surface area contributed by atoms with Crippen LogP contribution < -0.4 is 10.6 Å². The predicted octanol–water partition coefficient (Wildman–Crippen LogP) is 4.25. The zero-order chi connectivity index (χ0) is 15.3. The van der Waals surface area contributed by atoms with Crippen LogP contribution in [-0.2, 0) is 4.57 Å². The van der Waals surface area contributed by atoms with E-state index in [1.165, 1.54) is 0 Å². The van der Waals surface area contributed by atoms with Crippen molar-refractivity contribution in [2.45, 2.75) is 0 Å². The Morgan fingerprint density at radius 3 is 1.50 bits per heavy atom. The first-order chi connectivity index (χ1) is 10.8. The number of hydrogen-bond donors (Lipinski definition) is 0. The Labute approximate surface area is 132 Å². The molecule has 0 aliphatic carbocycles. The van der Waals surface area contributed by atoms with E-state index >= 15 is 0 Å². The van der Waals surface area contributed by atoms with Gasteiger partial charge in [-0.25, -0.2) is 0 Å². The third kappa shape index (κ3) is 3.21. The zero-order valence-electron chi connectivity index (χ0n) is 12.3. The molecule has 1 radical (unpaired) electrons. The Balaban J connectivity index is 1.95. The number of benzene rings is 3. The topological polar surface area (TPSA) is 17.1 Å². The fraction of sp³-hybridized carbons (Fsp3) is 0.0500. The van der Waals surface area contributed by atoms with Gasteiger partial charge in [0.1, 0.15) is 7.14 Å². The molecule has 0 spiro atoms. The summed E-state index contributed by atoms with van der Waals surface area (Å²) < 4.78 is 13.8. The first-order valence-electron chi connectivity index (χ1n) is 7.37. The molecule has 0 aliphatic rings. The molecule has 0 aliphatic heterocycles. The van der Waals surface area contributed by atoms with Gasteiger partial charge in [-0.1, -0.05) is 91.0 Å². The normalized spacial score (nSPS) is 11.3. The second kappa shape index (κ2) is 6.77. The molecule has 0 saturated heterocycles. The maximum Gasteiger partial charge on any atom is 0.143 e. The van der Waals surface area contributed by atoms with E-state index in [1.54, 1.807) is 0 Å². The van der Waals surface area contributed by atoms with Gasteiger partial charge >= 0.3 is 0 Å². The minimum absolute atomic E-state index is 0.533. The average molecular weight is 305 g/mol. The van der Waals surface area contributed by atoms with E-state index in [-0.39, 0.29) is 0 Å². The largest absolute Gasteiger partial charge is 0.314 e. The highest BCUT2D eigenvalue weighted by Gasteiger charge is 2.26. The summed E-state index contributed by atoms with van der Waals surface area (Å²) in [6, 6.07) is 29.7. The lowest BCUT2D eigenvalue weighted by Crippen LogP contribution is -2.18. The highest BCUT2D eigenvalue weighted by atomic mass is 31.2. The van der Waals surface area contributed by atoms with E-state index in [0.29, 0.717) is 6.16 Å². The van der Waals surface area contributed by atoms with Crippen LogP contribution in [0.15, 0.2) is 91.0 Å². The summed E-state index contributed by atoms with van der Waals surface area (Å²) in [5, 5.41) is 1.82. The summed E-state index contributed by atoms with van der Waals surface area (Å²) in [6.07, 6.45) is 2.60. The van der Waals surface area contributed by atoms with Crippen LogP contribution in [0.5, 0.6) is 0 Å². The minimum Gasteiger partial charge on any atom is -0.314 e. The van der Waals surface area contributed by atoms with E-state index in [9.17, 15) is 4.57 Å². The summed E-state index contributed by atoms with van der Waals surface area (Å²) in [4.78, 5) is 0. The standard InChI is InChI=1S/C20H18OP/c21-22(19-12-6-2-7-13-19,20-14-8-3-9-15-20)17-16-18-10-4-1-5-11-18/h1-16H,17H2. The van der Waals surface area contributed by atoms with E-state index in [0.717, 1.165) is 16.2 Å². The summed E-state index contributed by atoms with van der Waals surface area (Å²) in [5.41, 5.74) is 1.11. The van der Waals surface area contributed by atoms with Gasteiger partial charge in [-0.3, -0.25) is 0 Å². The molecule has 0 fully saturated rings. The molecule has 0 N–H and O–H groups in total. The smallest absolute Gasteiger partial charge is 0.143 e. The Kier molecular flexibility index (Phi) is 4.56. The number of rotatable bonds is 5. The van der Waals surface area contributed by atoms with Crippen LogP contribution in [0.3, 0.4) is 0 Å². The SMILES string of the molecule is O=P(C[CH]c1ccccc1)(c1ccccc1)c1ccccc1. The van der Waals surface area contributed by atoms with Crippen LogP contribution in [0.1, 0.15) is 5.56 Å². The van der Waals surface area contributed by atoms with Gasteiger partial charge in [-0.05, 0) is 12.0 Å². The molecule has 0 amide bonds. The van der Waals surface area contributed by atoms with Gasteiger partial charge in [-0.2, -0.15) is 0 Å². The lowest BCUT2D eigenvalue weighted by Gasteiger charge is -2.19. The van der Waals surface area contributed by atoms with Crippen LogP contribution in [0.4, 0.5) is 0 Å². The molecule has 3 aromatic carbocycles. The first kappa shape index (κ1) is 14.8. The van der Waals surface area contributed by atoms with Gasteiger partial charge in [0.05, 0.1) is 0 Å². The van der Waals surface area contributed by atoms with Gasteiger partial charge < -0.3 is 4.57 Å². The molecule has 109 valence electrons. The molecule has 1 nitrogen and oxygen atoms in total. The number of hydrogen-bond acceptors (Lipinski definition) is 1. The van der Waals surface area contributed by atoms with Crippen molar-refractivity contribution in [1.29, 1.82) is 0 Å². The van der Waals surface area contributed by atoms with Crippen LogP contribution in [-0.4, -0.2) is 6.16 Å². The van der Waals surface area contributed by atoms with Gasteiger partial charge in [0.2, 0.25) is 0 Å². The summed E-state index contributed by atoms with van der Waals surface area (Å²) in [5.74, 6) is 0. The molecule has 3 rings (SSSR count). The van der Waals surface area contributed by atoms with E-state index in [2.05, 4.69) is 6.42 Å². The maximum atomic E-state index is 13.8. The van der Waals surface area contributed by atoms with Crippen molar-refractivity contribution in [2.75, 3.05) is 6.16 Å². The quantitative estimate of drug-likeness (QED) is 0.644. The highest BCUT2D eigenvalue weighted by Crippen LogP contribution is 2.44. The lowest BCUT2D eigenvalue weighted by atomic mass is 10.2. The molecule has 22 heavy (non-hydrogen) atoms. The van der Waals surface area contributed by atoms with Crippen molar-refractivity contribution < 1.29 is 4.57 Å². The van der Waals surface area contributed by atoms with E-state index in [1.807, 2.05) is 91.0 Å². The average Bonchev–Trinajstić information content (AvgIpc) is 2.62. The summed E-state index contributed by atoms with van der Waals surface area (Å²) >= 11 is 0. The molecule has 0 atom stereocenters. The van der Waals surface area contributed by atoms with Crippen LogP contribution >= 0.6 is 7.14 Å². The van der Waals surface area contributed by atoms with Crippen molar-refractivity contribution in [1.82, 2.24) is 0 Å². The highest BCUT2D eigenvalue weighted by molar-refractivity contribution is 7.78. The molecule has 3 aromatic rings. The van der Waals surface area contributed by atoms with Gasteiger partial charge in [-0.15, -0.1) is 0 Å². The van der Waals surface area contributed by atoms with Crippen molar-refractivity contribution in [2.24, 2.45) is 0 Å². The van der Waals surface area contributed by atoms with Crippen LogP contribution in [0.25, 0.3) is 0 Å². The molecule has 2 heteroatoms. The zero-order valence-corrected chi connectivity index (χ0v) is 13.2. The van der Waals surface area contributed by atoms with Crippen molar-refractivity contribution >= 4 is 17.8 Å². The maximum absolute atomic E-state index is 13.8. The molecule has 0 unspecified atom stereocenters. The monoisotopic (exact) mass is 305 g/mol. The van der Waals surface area contributed by atoms with Crippen LogP contribution in [0, 0.1) is 6.42 Å². The van der Waals surface area contributed by atoms with Crippen molar-refractivity contribution in [3.8, 4) is 0 Å². The second-order valence-electron chi connectivity index (χ2n) is 5.21. The Morgan fingerprint density at radius 1 is 0.636 bits per heavy atom. The fourth-order valence-electron chi connectivity index (χ4n) is 2.52. The van der Waals surface area contributed by atoms with Crippen molar-refractivity contribution in [3.63, 3.8) is 0 Å². The third-order valence-corrected chi connectivity index (χ3v) is 6.69. The van der Waals surface area contributed by atoms with Crippen LogP contribution in [0.2, 0.25) is 0 Å². The third-order valence-electron chi connectivity index (χ3n) is 3.73. The lowest BCUT2D eigenvalue weighted by molar-refractivity contribution is 0.588. The summed E-state index contributed by atoms with van der Waals surface area (Å²) in [7, 11) is -2.65. The molecule has 0 bridgehead atoms. The predicted molar refractivity (Wildman–Crippen MR) is 94.5 cm³/mol. The molecular weight excluding hydrogens is 287 g/mol. The molecule has 0 aromatic heterocycles. The van der Waals surface area contributed by atoms with Gasteiger partial charge in [0, 0.05) is 16.8 Å². The van der Waals surface area contributed by atoms with Crippen molar-refractivity contribution in [3.05, 3.63) is 103 Å². The Hall–Kier alpha value is -2.11. The van der Waals surface area contributed by atoms with Gasteiger partial charge in [0.25, 0.3) is 0 Å². The van der Waals surface area contributed by atoms with E-state index in [4.69, 9.17) is 0 Å². The minimum atomic E-state index is -2.65. The van der Waals surface area contributed by atoms with E-state index < -0.39 is 7.14 Å². The molecule has 0 heterocycles. The molecular formula is C20H18OP. The summed E-state index contributed by atoms with van der Waals surface area (Å²) in [6.45, 7) is 0. The van der Waals surface area contributed by atoms with Gasteiger partial charge in [0.15, 0.2) is 0 Å². The molecule has 0 saturated carbocycles. The second-order valence-corrected chi connectivity index (χ2v) is 8.09. The Bertz CT molecular complexity index is 708. The first-order valence-corrected chi connectivity index (χ1v) is 9.27. The fourth-order valence-corrected chi connectivity index (χ4v) is 5.02. The Morgan fingerprint density at radius 2 is 1.05 bits per heavy atom.